The first-order valence-corrected chi connectivity index (χ1v) is 14.2. The highest BCUT2D eigenvalue weighted by Gasteiger charge is 2.68. The van der Waals surface area contributed by atoms with E-state index in [1.807, 2.05) is 69.2 Å². The van der Waals surface area contributed by atoms with Crippen LogP contribution in [-0.2, 0) is 38.1 Å². The van der Waals surface area contributed by atoms with Crippen LogP contribution in [0.1, 0.15) is 88.5 Å². The van der Waals surface area contributed by atoms with Crippen molar-refractivity contribution < 1.29 is 38.1 Å². The summed E-state index contributed by atoms with van der Waals surface area (Å²) in [4.78, 5) is 52.5. The maximum absolute atomic E-state index is 14.2. The average Bonchev–Trinajstić information content (AvgIpc) is 3.56. The van der Waals surface area contributed by atoms with Crippen LogP contribution in [-0.4, -0.2) is 48.8 Å². The largest absolute Gasteiger partial charge is 0.463 e. The summed E-state index contributed by atoms with van der Waals surface area (Å²) < 4.78 is 22.7. The van der Waals surface area contributed by atoms with Gasteiger partial charge in [-0.15, -0.1) is 0 Å². The molecule has 8 atom stereocenters. The Balaban J connectivity index is 1.65. The lowest BCUT2D eigenvalue weighted by molar-refractivity contribution is -0.210. The zero-order valence-corrected chi connectivity index (χ0v) is 24.7. The molecule has 4 aliphatic rings. The fourth-order valence-corrected chi connectivity index (χ4v) is 7.87. The molecule has 0 amide bonds. The van der Waals surface area contributed by atoms with Crippen LogP contribution in [0.25, 0.3) is 0 Å². The molecule has 8 nitrogen and oxygen atoms in total. The Bertz CT molecular complexity index is 1010. The van der Waals surface area contributed by atoms with E-state index in [4.69, 9.17) is 18.9 Å². The summed E-state index contributed by atoms with van der Waals surface area (Å²) in [5, 5.41) is 0. The molecule has 0 N–H and O–H groups in total. The van der Waals surface area contributed by atoms with Gasteiger partial charge in [0.25, 0.3) is 0 Å². The third-order valence-corrected chi connectivity index (χ3v) is 12.1. The quantitative estimate of drug-likeness (QED) is 0.309. The average molecular weight is 535 g/mol. The van der Waals surface area contributed by atoms with E-state index in [2.05, 4.69) is 0 Å². The van der Waals surface area contributed by atoms with E-state index >= 15 is 0 Å². The summed E-state index contributed by atoms with van der Waals surface area (Å²) >= 11 is 0. The first kappa shape index (κ1) is 28.9. The second-order valence-electron chi connectivity index (χ2n) is 14.1. The number of esters is 4. The molecular formula is C30H46O8. The summed E-state index contributed by atoms with van der Waals surface area (Å²) in [7, 11) is 0. The molecule has 4 rings (SSSR count). The number of fused-ring (bicyclic) bond motifs is 1. The number of carbonyl (C=O) groups excluding carboxylic acids is 4. The summed E-state index contributed by atoms with van der Waals surface area (Å²) in [6, 6.07) is 0. The van der Waals surface area contributed by atoms with Crippen LogP contribution in [0.15, 0.2) is 0 Å². The lowest BCUT2D eigenvalue weighted by atomic mass is 9.42. The molecule has 38 heavy (non-hydrogen) atoms. The third kappa shape index (κ3) is 3.75. The zero-order valence-electron chi connectivity index (χ0n) is 24.7. The van der Waals surface area contributed by atoms with Gasteiger partial charge in [-0.2, -0.15) is 0 Å². The Morgan fingerprint density at radius 3 is 1.82 bits per heavy atom. The third-order valence-electron chi connectivity index (χ3n) is 12.1. The zero-order chi connectivity index (χ0) is 28.6. The van der Waals surface area contributed by atoms with Crippen molar-refractivity contribution >= 4 is 23.9 Å². The Hall–Kier alpha value is -2.12. The predicted octanol–water partition coefficient (Wildman–Crippen LogP) is 4.72. The highest BCUT2D eigenvalue weighted by molar-refractivity contribution is 5.84. The van der Waals surface area contributed by atoms with Crippen LogP contribution >= 0.6 is 0 Å². The molecule has 4 fully saturated rings. The van der Waals surface area contributed by atoms with E-state index < -0.39 is 45.8 Å². The van der Waals surface area contributed by atoms with E-state index in [0.717, 1.165) is 6.42 Å². The van der Waals surface area contributed by atoms with Gasteiger partial charge in [-0.05, 0) is 49.4 Å². The van der Waals surface area contributed by atoms with Crippen LogP contribution < -0.4 is 0 Å². The number of cyclic esters (lactones) is 1. The van der Waals surface area contributed by atoms with Crippen molar-refractivity contribution in [2.75, 3.05) is 6.61 Å². The summed E-state index contributed by atoms with van der Waals surface area (Å²) in [5.74, 6) is -1.53. The Morgan fingerprint density at radius 1 is 0.816 bits per heavy atom. The van der Waals surface area contributed by atoms with Crippen LogP contribution in [0.3, 0.4) is 0 Å². The maximum Gasteiger partial charge on any atom is 0.347 e. The fraction of sp³-hybridized carbons (Fsp3) is 0.867. The summed E-state index contributed by atoms with van der Waals surface area (Å²) in [5.41, 5.74) is -3.60. The van der Waals surface area contributed by atoms with Gasteiger partial charge in [0.1, 0.15) is 12.2 Å². The molecule has 0 aromatic rings. The lowest BCUT2D eigenvalue weighted by Crippen LogP contribution is -2.62. The minimum atomic E-state index is -1.05. The molecule has 8 heteroatoms. The number of carbonyl (C=O) groups is 4. The highest BCUT2D eigenvalue weighted by Crippen LogP contribution is 2.64. The lowest BCUT2D eigenvalue weighted by Gasteiger charge is -2.60. The molecule has 0 aromatic carbocycles. The minimum absolute atomic E-state index is 0.0540. The normalized spacial score (nSPS) is 33.7. The van der Waals surface area contributed by atoms with Crippen molar-refractivity contribution in [3.05, 3.63) is 0 Å². The van der Waals surface area contributed by atoms with Gasteiger partial charge < -0.3 is 18.9 Å². The molecule has 2 aliphatic heterocycles. The molecule has 0 radical (unpaired) electrons. The van der Waals surface area contributed by atoms with Gasteiger partial charge in [0.2, 0.25) is 6.10 Å². The van der Waals surface area contributed by atoms with E-state index in [-0.39, 0.29) is 54.2 Å². The van der Waals surface area contributed by atoms with Gasteiger partial charge in [0.05, 0.1) is 23.4 Å². The minimum Gasteiger partial charge on any atom is -0.463 e. The van der Waals surface area contributed by atoms with Crippen LogP contribution in [0.2, 0.25) is 0 Å². The van der Waals surface area contributed by atoms with Gasteiger partial charge in [-0.25, -0.2) is 4.79 Å². The summed E-state index contributed by atoms with van der Waals surface area (Å²) in [6.07, 6.45) is 0.220. The fourth-order valence-electron chi connectivity index (χ4n) is 7.87. The van der Waals surface area contributed by atoms with Crippen molar-refractivity contribution in [3.63, 3.8) is 0 Å². The monoisotopic (exact) mass is 534 g/mol. The first-order valence-electron chi connectivity index (χ1n) is 14.2. The number of hydrogen-bond acceptors (Lipinski definition) is 8. The van der Waals surface area contributed by atoms with E-state index in [0.29, 0.717) is 12.8 Å². The second kappa shape index (κ2) is 9.22. The molecule has 2 saturated heterocycles. The van der Waals surface area contributed by atoms with Crippen molar-refractivity contribution in [2.45, 2.75) is 107 Å². The first-order chi connectivity index (χ1) is 17.4. The van der Waals surface area contributed by atoms with Gasteiger partial charge >= 0.3 is 23.9 Å². The van der Waals surface area contributed by atoms with Gasteiger partial charge in [0.15, 0.2) is 0 Å². The second-order valence-corrected chi connectivity index (χ2v) is 14.1. The molecule has 2 aliphatic carbocycles. The van der Waals surface area contributed by atoms with Crippen molar-refractivity contribution in [1.82, 2.24) is 0 Å². The molecular weight excluding hydrogens is 488 g/mol. The predicted molar refractivity (Wildman–Crippen MR) is 138 cm³/mol. The van der Waals surface area contributed by atoms with Crippen molar-refractivity contribution in [2.24, 2.45) is 51.2 Å². The van der Waals surface area contributed by atoms with Crippen LogP contribution in [0.4, 0.5) is 0 Å². The molecule has 0 aromatic heterocycles. The molecule has 0 spiro atoms. The smallest absolute Gasteiger partial charge is 0.347 e. The van der Waals surface area contributed by atoms with E-state index in [9.17, 15) is 19.2 Å². The summed E-state index contributed by atoms with van der Waals surface area (Å²) in [6.45, 7) is 20.1. The van der Waals surface area contributed by atoms with Gasteiger partial charge in [-0.1, -0.05) is 55.4 Å². The topological polar surface area (TPSA) is 105 Å². The number of hydrogen-bond donors (Lipinski definition) is 0. The van der Waals surface area contributed by atoms with E-state index in [1.54, 1.807) is 0 Å². The van der Waals surface area contributed by atoms with Crippen molar-refractivity contribution in [3.8, 4) is 0 Å². The van der Waals surface area contributed by atoms with Gasteiger partial charge in [0, 0.05) is 18.3 Å². The number of rotatable bonds is 9. The van der Waals surface area contributed by atoms with E-state index in [1.165, 1.54) is 0 Å². The Morgan fingerprint density at radius 2 is 1.34 bits per heavy atom. The highest BCUT2D eigenvalue weighted by atomic mass is 16.6. The Labute approximate surface area is 226 Å². The molecule has 2 heterocycles. The molecule has 214 valence electrons. The Kier molecular flexibility index (Phi) is 7.01. The van der Waals surface area contributed by atoms with Crippen LogP contribution in [0.5, 0.6) is 0 Å². The molecule has 8 unspecified atom stereocenters. The van der Waals surface area contributed by atoms with Gasteiger partial charge in [-0.3, -0.25) is 14.4 Å². The standard InChI is InChI=1S/C30H46O8/c1-15(2)29(9,25(33)36-20-11-12-35-24(20)32)27(5,6)28(7,8)30(10,16(3)4)26(34)38-21-17-13-18-19(14-17)23(31)37-22(18)21/h15-22H,11-14H2,1-10H3. The van der Waals surface area contributed by atoms with Crippen molar-refractivity contribution in [1.29, 1.82) is 0 Å². The molecule has 2 bridgehead atoms. The van der Waals surface area contributed by atoms with Crippen LogP contribution in [0, 0.1) is 51.2 Å². The number of ether oxygens (including phenoxy) is 4. The molecule has 2 saturated carbocycles. The SMILES string of the molecule is CC(C)C(C)(C(=O)OC1CCOC1=O)C(C)(C)C(C)(C)C(C)(C(=O)OC1C2CC3C(=O)OC1C3C2)C(C)C. The maximum atomic E-state index is 14.2.